The standard InChI is InChI=1S/C20H20N4O2/c1-14(18(25)15-6-3-2-4-7-15)23-19(26)16-8-10-17(11-9-16)24-20-21-12-5-13-22-20/h2-14,18,25H,1H3,(H,23,26)(H,21,22,24). The number of hydrogen-bond donors (Lipinski definition) is 3. The van der Waals surface area contributed by atoms with Gasteiger partial charge in [0.25, 0.3) is 5.91 Å². The molecule has 2 atom stereocenters. The Morgan fingerprint density at radius 3 is 2.27 bits per heavy atom. The van der Waals surface area contributed by atoms with E-state index in [1.165, 1.54) is 0 Å². The molecule has 0 saturated heterocycles. The van der Waals surface area contributed by atoms with Crippen LogP contribution in [-0.2, 0) is 0 Å². The van der Waals surface area contributed by atoms with Gasteiger partial charge in [0.1, 0.15) is 0 Å². The van der Waals surface area contributed by atoms with Crippen LogP contribution in [0, 0.1) is 0 Å². The van der Waals surface area contributed by atoms with E-state index in [9.17, 15) is 9.90 Å². The number of carbonyl (C=O) groups excluding carboxylic acids is 1. The minimum absolute atomic E-state index is 0.241. The van der Waals surface area contributed by atoms with Gasteiger partial charge in [-0.05, 0) is 42.8 Å². The fraction of sp³-hybridized carbons (Fsp3) is 0.150. The van der Waals surface area contributed by atoms with Crippen LogP contribution in [0.25, 0.3) is 0 Å². The first-order chi connectivity index (χ1) is 12.6. The Morgan fingerprint density at radius 2 is 1.62 bits per heavy atom. The molecule has 0 fully saturated rings. The largest absolute Gasteiger partial charge is 0.386 e. The lowest BCUT2D eigenvalue weighted by Crippen LogP contribution is -2.37. The molecule has 0 aliphatic carbocycles. The first-order valence-electron chi connectivity index (χ1n) is 8.31. The van der Waals surface area contributed by atoms with Gasteiger partial charge in [-0.15, -0.1) is 0 Å². The van der Waals surface area contributed by atoms with Gasteiger partial charge in [-0.3, -0.25) is 4.79 Å². The first-order valence-corrected chi connectivity index (χ1v) is 8.31. The highest BCUT2D eigenvalue weighted by atomic mass is 16.3. The lowest BCUT2D eigenvalue weighted by molar-refractivity contribution is 0.0852. The molecule has 0 saturated carbocycles. The Hall–Kier alpha value is -3.25. The van der Waals surface area contributed by atoms with E-state index in [1.54, 1.807) is 49.6 Å². The summed E-state index contributed by atoms with van der Waals surface area (Å²) in [5.74, 6) is 0.249. The molecule has 0 radical (unpaired) electrons. The zero-order valence-electron chi connectivity index (χ0n) is 14.3. The number of rotatable bonds is 6. The van der Waals surface area contributed by atoms with E-state index in [0.717, 1.165) is 11.3 Å². The Kier molecular flexibility index (Phi) is 5.56. The highest BCUT2D eigenvalue weighted by Crippen LogP contribution is 2.17. The lowest BCUT2D eigenvalue weighted by atomic mass is 10.0. The Bertz CT molecular complexity index is 839. The average Bonchev–Trinajstić information content (AvgIpc) is 2.69. The quantitative estimate of drug-likeness (QED) is 0.637. The summed E-state index contributed by atoms with van der Waals surface area (Å²) in [6.45, 7) is 1.78. The first kappa shape index (κ1) is 17.6. The van der Waals surface area contributed by atoms with Crippen LogP contribution in [0.5, 0.6) is 0 Å². The van der Waals surface area contributed by atoms with Crippen molar-refractivity contribution in [2.24, 2.45) is 0 Å². The number of amides is 1. The van der Waals surface area contributed by atoms with Crippen molar-refractivity contribution in [3.63, 3.8) is 0 Å². The van der Waals surface area contributed by atoms with Crippen LogP contribution >= 0.6 is 0 Å². The van der Waals surface area contributed by atoms with Crippen LogP contribution in [-0.4, -0.2) is 27.0 Å². The maximum absolute atomic E-state index is 12.4. The van der Waals surface area contributed by atoms with Crippen molar-refractivity contribution in [2.45, 2.75) is 19.1 Å². The molecule has 2 aromatic carbocycles. The second kappa shape index (κ2) is 8.22. The molecular formula is C20H20N4O2. The third-order valence-corrected chi connectivity index (χ3v) is 3.94. The van der Waals surface area contributed by atoms with Crippen LogP contribution in [0.3, 0.4) is 0 Å². The molecule has 0 aliphatic rings. The molecule has 3 aromatic rings. The van der Waals surface area contributed by atoms with E-state index >= 15 is 0 Å². The smallest absolute Gasteiger partial charge is 0.251 e. The minimum atomic E-state index is -0.767. The van der Waals surface area contributed by atoms with E-state index < -0.39 is 12.1 Å². The number of anilines is 2. The highest BCUT2D eigenvalue weighted by molar-refractivity contribution is 5.94. The number of nitrogens with one attached hydrogen (secondary N) is 2. The van der Waals surface area contributed by atoms with Crippen LogP contribution in [0.15, 0.2) is 73.1 Å². The zero-order chi connectivity index (χ0) is 18.4. The normalized spacial score (nSPS) is 12.8. The van der Waals surface area contributed by atoms with Gasteiger partial charge in [0.15, 0.2) is 0 Å². The van der Waals surface area contributed by atoms with Gasteiger partial charge in [-0.1, -0.05) is 30.3 Å². The minimum Gasteiger partial charge on any atom is -0.386 e. The molecule has 3 N–H and O–H groups in total. The summed E-state index contributed by atoms with van der Waals surface area (Å²) < 4.78 is 0. The Morgan fingerprint density at radius 1 is 0.962 bits per heavy atom. The number of nitrogens with zero attached hydrogens (tertiary/aromatic N) is 2. The molecule has 1 aromatic heterocycles. The summed E-state index contributed by atoms with van der Waals surface area (Å²) in [4.78, 5) is 20.6. The second-order valence-corrected chi connectivity index (χ2v) is 5.89. The molecule has 132 valence electrons. The zero-order valence-corrected chi connectivity index (χ0v) is 14.3. The van der Waals surface area contributed by atoms with Crippen molar-refractivity contribution < 1.29 is 9.90 Å². The monoisotopic (exact) mass is 348 g/mol. The summed E-state index contributed by atoms with van der Waals surface area (Å²) in [6, 6.07) is 17.6. The van der Waals surface area contributed by atoms with E-state index in [1.807, 2.05) is 30.3 Å². The number of benzene rings is 2. The van der Waals surface area contributed by atoms with Gasteiger partial charge in [0.2, 0.25) is 5.95 Å². The van der Waals surface area contributed by atoms with Crippen LogP contribution in [0.2, 0.25) is 0 Å². The third kappa shape index (κ3) is 4.43. The summed E-state index contributed by atoms with van der Waals surface area (Å²) in [5.41, 5.74) is 2.06. The summed E-state index contributed by atoms with van der Waals surface area (Å²) in [5, 5.41) is 16.2. The maximum Gasteiger partial charge on any atom is 0.251 e. The van der Waals surface area contributed by atoms with Gasteiger partial charge in [-0.2, -0.15) is 0 Å². The predicted octanol–water partition coefficient (Wildman–Crippen LogP) is 3.07. The van der Waals surface area contributed by atoms with Gasteiger partial charge in [-0.25, -0.2) is 9.97 Å². The summed E-state index contributed by atoms with van der Waals surface area (Å²) in [7, 11) is 0. The van der Waals surface area contributed by atoms with E-state index in [2.05, 4.69) is 20.6 Å². The average molecular weight is 348 g/mol. The van der Waals surface area contributed by atoms with Gasteiger partial charge in [0.05, 0.1) is 12.1 Å². The van der Waals surface area contributed by atoms with Crippen molar-refractivity contribution in [2.75, 3.05) is 5.32 Å². The number of hydrogen-bond acceptors (Lipinski definition) is 5. The molecule has 2 unspecified atom stereocenters. The topological polar surface area (TPSA) is 87.1 Å². The van der Waals surface area contributed by atoms with Gasteiger partial charge < -0.3 is 15.7 Å². The molecule has 1 amide bonds. The molecule has 0 aliphatic heterocycles. The molecule has 0 bridgehead atoms. The fourth-order valence-corrected chi connectivity index (χ4v) is 2.51. The molecule has 6 nitrogen and oxygen atoms in total. The molecule has 1 heterocycles. The molecular weight excluding hydrogens is 328 g/mol. The van der Waals surface area contributed by atoms with E-state index in [4.69, 9.17) is 0 Å². The maximum atomic E-state index is 12.4. The van der Waals surface area contributed by atoms with E-state index in [0.29, 0.717) is 11.5 Å². The van der Waals surface area contributed by atoms with Crippen molar-refractivity contribution in [3.05, 3.63) is 84.2 Å². The third-order valence-electron chi connectivity index (χ3n) is 3.94. The van der Waals surface area contributed by atoms with Crippen molar-refractivity contribution in [1.29, 1.82) is 0 Å². The number of carbonyl (C=O) groups is 1. The second-order valence-electron chi connectivity index (χ2n) is 5.89. The molecule has 6 heteroatoms. The fourth-order valence-electron chi connectivity index (χ4n) is 2.51. The van der Waals surface area contributed by atoms with Crippen molar-refractivity contribution in [1.82, 2.24) is 15.3 Å². The Labute approximate surface area is 152 Å². The van der Waals surface area contributed by atoms with Crippen LogP contribution in [0.1, 0.15) is 28.9 Å². The Balaban J connectivity index is 1.61. The summed E-state index contributed by atoms with van der Waals surface area (Å²) >= 11 is 0. The lowest BCUT2D eigenvalue weighted by Gasteiger charge is -2.20. The van der Waals surface area contributed by atoms with Crippen LogP contribution in [0.4, 0.5) is 11.6 Å². The molecule has 26 heavy (non-hydrogen) atoms. The molecule has 3 rings (SSSR count). The van der Waals surface area contributed by atoms with Crippen molar-refractivity contribution in [3.8, 4) is 0 Å². The number of aliphatic hydroxyl groups is 1. The predicted molar refractivity (Wildman–Crippen MR) is 100 cm³/mol. The number of aromatic nitrogens is 2. The SMILES string of the molecule is CC(NC(=O)c1ccc(Nc2ncccn2)cc1)C(O)c1ccccc1. The van der Waals surface area contributed by atoms with Crippen LogP contribution < -0.4 is 10.6 Å². The van der Waals surface area contributed by atoms with E-state index in [-0.39, 0.29) is 5.91 Å². The van der Waals surface area contributed by atoms with Gasteiger partial charge in [0, 0.05) is 23.6 Å². The summed E-state index contributed by atoms with van der Waals surface area (Å²) in [6.07, 6.45) is 2.53. The van der Waals surface area contributed by atoms with Crippen molar-refractivity contribution >= 4 is 17.5 Å². The van der Waals surface area contributed by atoms with Gasteiger partial charge >= 0.3 is 0 Å². The molecule has 0 spiro atoms. The highest BCUT2D eigenvalue weighted by Gasteiger charge is 2.18. The number of aliphatic hydroxyl groups excluding tert-OH is 1.